The van der Waals surface area contributed by atoms with E-state index in [0.29, 0.717) is 6.10 Å². The highest BCUT2D eigenvalue weighted by atomic mass is 16.5. The van der Waals surface area contributed by atoms with Gasteiger partial charge in [-0.3, -0.25) is 11.3 Å². The molecule has 0 amide bonds. The molecule has 1 saturated carbocycles. The molecule has 2 aliphatic rings. The topological polar surface area (TPSA) is 56.5 Å². The van der Waals surface area contributed by atoms with E-state index >= 15 is 0 Å². The van der Waals surface area contributed by atoms with Gasteiger partial charge in [0.15, 0.2) is 0 Å². The van der Waals surface area contributed by atoms with E-state index < -0.39 is 0 Å². The van der Waals surface area contributed by atoms with Crippen LogP contribution < -0.4 is 11.3 Å². The number of hydrazine groups is 1. The first kappa shape index (κ1) is 15.2. The standard InChI is InChI=1S/C15H30N2O2/c1-18-15(10-3-2-4-11-15)14(17-16)9-5-7-13-8-6-12-19-13/h13-14,17H,2-12,16H2,1H3. The molecule has 0 radical (unpaired) electrons. The summed E-state index contributed by atoms with van der Waals surface area (Å²) >= 11 is 0. The zero-order valence-electron chi connectivity index (χ0n) is 12.3. The average Bonchev–Trinajstić information content (AvgIpc) is 2.97. The van der Waals surface area contributed by atoms with Crippen molar-refractivity contribution in [3.8, 4) is 0 Å². The lowest BCUT2D eigenvalue weighted by atomic mass is 9.77. The number of nitrogens with one attached hydrogen (secondary N) is 1. The predicted molar refractivity (Wildman–Crippen MR) is 76.8 cm³/mol. The minimum atomic E-state index is -0.0382. The fourth-order valence-corrected chi connectivity index (χ4v) is 3.76. The molecular weight excluding hydrogens is 240 g/mol. The van der Waals surface area contributed by atoms with Crippen LogP contribution in [-0.2, 0) is 9.47 Å². The van der Waals surface area contributed by atoms with Crippen molar-refractivity contribution in [2.75, 3.05) is 13.7 Å². The Morgan fingerprint density at radius 1 is 1.32 bits per heavy atom. The molecule has 1 saturated heterocycles. The molecule has 2 unspecified atom stereocenters. The Morgan fingerprint density at radius 2 is 2.11 bits per heavy atom. The Labute approximate surface area is 117 Å². The monoisotopic (exact) mass is 270 g/mol. The van der Waals surface area contributed by atoms with E-state index in [-0.39, 0.29) is 11.6 Å². The van der Waals surface area contributed by atoms with E-state index in [9.17, 15) is 0 Å². The lowest BCUT2D eigenvalue weighted by Gasteiger charge is -2.42. The summed E-state index contributed by atoms with van der Waals surface area (Å²) in [5, 5.41) is 0. The Kier molecular flexibility index (Phi) is 6.07. The van der Waals surface area contributed by atoms with Crippen LogP contribution in [0.25, 0.3) is 0 Å². The lowest BCUT2D eigenvalue weighted by Crippen LogP contribution is -2.55. The molecule has 19 heavy (non-hydrogen) atoms. The molecule has 1 aliphatic carbocycles. The second-order valence-corrected chi connectivity index (χ2v) is 6.11. The number of hydrogen-bond acceptors (Lipinski definition) is 4. The van der Waals surface area contributed by atoms with Crippen molar-refractivity contribution >= 4 is 0 Å². The molecule has 4 heteroatoms. The molecule has 2 rings (SSSR count). The maximum Gasteiger partial charge on any atom is 0.0844 e. The Balaban J connectivity index is 1.79. The molecule has 0 spiro atoms. The van der Waals surface area contributed by atoms with Crippen molar-refractivity contribution < 1.29 is 9.47 Å². The van der Waals surface area contributed by atoms with Crippen LogP contribution >= 0.6 is 0 Å². The molecule has 112 valence electrons. The average molecular weight is 270 g/mol. The van der Waals surface area contributed by atoms with Crippen LogP contribution in [0.1, 0.15) is 64.2 Å². The van der Waals surface area contributed by atoms with Gasteiger partial charge >= 0.3 is 0 Å². The van der Waals surface area contributed by atoms with Gasteiger partial charge in [0.1, 0.15) is 0 Å². The van der Waals surface area contributed by atoms with E-state index in [4.69, 9.17) is 15.3 Å². The highest BCUT2D eigenvalue weighted by Crippen LogP contribution is 2.35. The predicted octanol–water partition coefficient (Wildman–Crippen LogP) is 2.52. The molecule has 0 bridgehead atoms. The highest BCUT2D eigenvalue weighted by molar-refractivity contribution is 4.94. The second-order valence-electron chi connectivity index (χ2n) is 6.11. The molecule has 3 N–H and O–H groups in total. The van der Waals surface area contributed by atoms with Crippen LogP contribution in [0.2, 0.25) is 0 Å². The molecule has 2 atom stereocenters. The summed E-state index contributed by atoms with van der Waals surface area (Å²) in [6.07, 6.45) is 12.5. The van der Waals surface area contributed by atoms with Crippen molar-refractivity contribution in [2.24, 2.45) is 5.84 Å². The molecule has 4 nitrogen and oxygen atoms in total. The number of ether oxygens (including phenoxy) is 2. The summed E-state index contributed by atoms with van der Waals surface area (Å²) in [6.45, 7) is 0.950. The zero-order valence-corrected chi connectivity index (χ0v) is 12.3. The van der Waals surface area contributed by atoms with Crippen molar-refractivity contribution in [2.45, 2.75) is 82.0 Å². The summed E-state index contributed by atoms with van der Waals surface area (Å²) in [5.41, 5.74) is 2.98. The Morgan fingerprint density at radius 3 is 2.68 bits per heavy atom. The maximum absolute atomic E-state index is 5.88. The van der Waals surface area contributed by atoms with Gasteiger partial charge in [0, 0.05) is 13.7 Å². The lowest BCUT2D eigenvalue weighted by molar-refractivity contribution is -0.0703. The van der Waals surface area contributed by atoms with Crippen molar-refractivity contribution in [1.82, 2.24) is 5.43 Å². The van der Waals surface area contributed by atoms with E-state index in [1.54, 1.807) is 0 Å². The Hall–Kier alpha value is -0.160. The fourth-order valence-electron chi connectivity index (χ4n) is 3.76. The van der Waals surface area contributed by atoms with Crippen LogP contribution in [0, 0.1) is 0 Å². The third-order valence-corrected chi connectivity index (χ3v) is 4.99. The van der Waals surface area contributed by atoms with Crippen LogP contribution in [0.5, 0.6) is 0 Å². The first-order valence-electron chi connectivity index (χ1n) is 7.93. The minimum absolute atomic E-state index is 0.0382. The fraction of sp³-hybridized carbons (Fsp3) is 1.00. The summed E-state index contributed by atoms with van der Waals surface area (Å²) in [5.74, 6) is 5.80. The van der Waals surface area contributed by atoms with Gasteiger partial charge < -0.3 is 9.47 Å². The molecule has 0 aromatic heterocycles. The number of rotatable bonds is 7. The normalized spacial score (nSPS) is 28.4. The third kappa shape index (κ3) is 3.91. The van der Waals surface area contributed by atoms with E-state index in [0.717, 1.165) is 32.3 Å². The number of methoxy groups -OCH3 is 1. The van der Waals surface area contributed by atoms with Gasteiger partial charge in [-0.15, -0.1) is 0 Å². The second kappa shape index (κ2) is 7.58. The van der Waals surface area contributed by atoms with Crippen LogP contribution in [0.15, 0.2) is 0 Å². The van der Waals surface area contributed by atoms with Gasteiger partial charge in [0.25, 0.3) is 0 Å². The molecular formula is C15H30N2O2. The van der Waals surface area contributed by atoms with Gasteiger partial charge in [-0.05, 0) is 44.9 Å². The molecule has 1 aliphatic heterocycles. The summed E-state index contributed by atoms with van der Waals surface area (Å²) in [6, 6.07) is 0.277. The van der Waals surface area contributed by atoms with Crippen molar-refractivity contribution in [1.29, 1.82) is 0 Å². The summed E-state index contributed by atoms with van der Waals surface area (Å²) < 4.78 is 11.6. The largest absolute Gasteiger partial charge is 0.378 e. The zero-order chi connectivity index (χ0) is 13.6. The molecule has 0 aromatic carbocycles. The van der Waals surface area contributed by atoms with Crippen molar-refractivity contribution in [3.63, 3.8) is 0 Å². The molecule has 0 aromatic rings. The summed E-state index contributed by atoms with van der Waals surface area (Å²) in [7, 11) is 1.84. The van der Waals surface area contributed by atoms with E-state index in [2.05, 4.69) is 5.43 Å². The van der Waals surface area contributed by atoms with Gasteiger partial charge in [0.05, 0.1) is 17.7 Å². The van der Waals surface area contributed by atoms with Gasteiger partial charge in [0.2, 0.25) is 0 Å². The maximum atomic E-state index is 5.88. The SMILES string of the molecule is COC1(C(CCCC2CCCO2)NN)CCCCC1. The minimum Gasteiger partial charge on any atom is -0.378 e. The Bertz CT molecular complexity index is 249. The van der Waals surface area contributed by atoms with E-state index in [1.807, 2.05) is 7.11 Å². The van der Waals surface area contributed by atoms with Crippen LogP contribution in [0.3, 0.4) is 0 Å². The first-order valence-corrected chi connectivity index (χ1v) is 7.93. The van der Waals surface area contributed by atoms with Gasteiger partial charge in [-0.2, -0.15) is 0 Å². The molecule has 2 fully saturated rings. The van der Waals surface area contributed by atoms with Crippen LogP contribution in [-0.4, -0.2) is 31.5 Å². The summed E-state index contributed by atoms with van der Waals surface area (Å²) in [4.78, 5) is 0. The highest BCUT2D eigenvalue weighted by Gasteiger charge is 2.39. The third-order valence-electron chi connectivity index (χ3n) is 4.99. The molecule has 1 heterocycles. The smallest absolute Gasteiger partial charge is 0.0844 e. The van der Waals surface area contributed by atoms with Gasteiger partial charge in [-0.1, -0.05) is 19.3 Å². The number of hydrogen-bond donors (Lipinski definition) is 2. The van der Waals surface area contributed by atoms with Crippen LogP contribution in [0.4, 0.5) is 0 Å². The van der Waals surface area contributed by atoms with Crippen molar-refractivity contribution in [3.05, 3.63) is 0 Å². The quantitative estimate of drug-likeness (QED) is 0.551. The first-order chi connectivity index (χ1) is 9.30. The van der Waals surface area contributed by atoms with E-state index in [1.165, 1.54) is 38.5 Å². The van der Waals surface area contributed by atoms with Gasteiger partial charge in [-0.25, -0.2) is 0 Å². The number of nitrogens with two attached hydrogens (primary N) is 1.